The molecule has 0 aliphatic heterocycles. The summed E-state index contributed by atoms with van der Waals surface area (Å²) in [5, 5.41) is 20.9. The second kappa shape index (κ2) is 4.17. The Morgan fingerprint density at radius 3 is 2.24 bits per heavy atom. The third-order valence-electron chi connectivity index (χ3n) is 3.04. The molecule has 2 N–H and O–H groups in total. The van der Waals surface area contributed by atoms with E-state index in [1.165, 1.54) is 0 Å². The SMILES string of the molecule is CC(C)(C)c1cc(B(O)O)c2ccccc2c1. The molecular formula is C14H17BO2. The zero-order chi connectivity index (χ0) is 12.6. The molecule has 0 amide bonds. The third-order valence-corrected chi connectivity index (χ3v) is 3.04. The molecule has 2 rings (SSSR count). The number of benzene rings is 2. The van der Waals surface area contributed by atoms with Crippen LogP contribution < -0.4 is 5.46 Å². The summed E-state index contributed by atoms with van der Waals surface area (Å²) in [4.78, 5) is 0. The molecule has 0 aliphatic rings. The topological polar surface area (TPSA) is 40.5 Å². The zero-order valence-electron chi connectivity index (χ0n) is 10.4. The Morgan fingerprint density at radius 1 is 1.00 bits per heavy atom. The average molecular weight is 228 g/mol. The molecule has 17 heavy (non-hydrogen) atoms. The molecule has 3 heteroatoms. The minimum atomic E-state index is -1.43. The van der Waals surface area contributed by atoms with Gasteiger partial charge in [0.1, 0.15) is 0 Å². The van der Waals surface area contributed by atoms with Gasteiger partial charge in [-0.2, -0.15) is 0 Å². The van der Waals surface area contributed by atoms with Crippen molar-refractivity contribution < 1.29 is 10.0 Å². The van der Waals surface area contributed by atoms with Crippen LogP contribution in [0.25, 0.3) is 10.8 Å². The maximum atomic E-state index is 9.47. The molecule has 0 spiro atoms. The first-order valence-electron chi connectivity index (χ1n) is 5.79. The van der Waals surface area contributed by atoms with Crippen molar-refractivity contribution in [3.05, 3.63) is 42.0 Å². The smallest absolute Gasteiger partial charge is 0.423 e. The lowest BCUT2D eigenvalue weighted by atomic mass is 9.73. The van der Waals surface area contributed by atoms with Gasteiger partial charge in [-0.1, -0.05) is 57.2 Å². The lowest BCUT2D eigenvalue weighted by molar-refractivity contribution is 0.426. The van der Waals surface area contributed by atoms with Gasteiger partial charge in [0.05, 0.1) is 0 Å². The van der Waals surface area contributed by atoms with Crippen LogP contribution in [0.5, 0.6) is 0 Å². The van der Waals surface area contributed by atoms with E-state index < -0.39 is 7.12 Å². The van der Waals surface area contributed by atoms with Gasteiger partial charge < -0.3 is 10.0 Å². The first kappa shape index (κ1) is 12.2. The molecule has 2 aromatic carbocycles. The van der Waals surface area contributed by atoms with Crippen molar-refractivity contribution in [2.45, 2.75) is 26.2 Å². The highest BCUT2D eigenvalue weighted by Crippen LogP contribution is 2.25. The number of hydrogen-bond acceptors (Lipinski definition) is 2. The maximum absolute atomic E-state index is 9.47. The van der Waals surface area contributed by atoms with Gasteiger partial charge in [-0.25, -0.2) is 0 Å². The van der Waals surface area contributed by atoms with Crippen molar-refractivity contribution in [2.75, 3.05) is 0 Å². The van der Waals surface area contributed by atoms with E-state index in [0.717, 1.165) is 16.3 Å². The molecule has 0 heterocycles. The van der Waals surface area contributed by atoms with Gasteiger partial charge in [0.2, 0.25) is 0 Å². The fourth-order valence-electron chi connectivity index (χ4n) is 1.99. The van der Waals surface area contributed by atoms with Crippen molar-refractivity contribution in [3.8, 4) is 0 Å². The number of hydrogen-bond donors (Lipinski definition) is 2. The molecule has 0 unspecified atom stereocenters. The third kappa shape index (κ3) is 2.35. The molecule has 0 aromatic heterocycles. The first-order chi connectivity index (χ1) is 7.89. The largest absolute Gasteiger partial charge is 0.489 e. The van der Waals surface area contributed by atoms with Gasteiger partial charge in [0.15, 0.2) is 0 Å². The predicted octanol–water partition coefficient (Wildman–Crippen LogP) is 1.82. The monoisotopic (exact) mass is 228 g/mol. The van der Waals surface area contributed by atoms with E-state index in [1.54, 1.807) is 0 Å². The van der Waals surface area contributed by atoms with E-state index in [0.29, 0.717) is 5.46 Å². The molecule has 2 nitrogen and oxygen atoms in total. The summed E-state index contributed by atoms with van der Waals surface area (Å²) in [6.45, 7) is 6.35. The Hall–Kier alpha value is -1.32. The highest BCUT2D eigenvalue weighted by molar-refractivity contribution is 6.62. The number of fused-ring (bicyclic) bond motifs is 1. The fourth-order valence-corrected chi connectivity index (χ4v) is 1.99. The highest BCUT2D eigenvalue weighted by atomic mass is 16.4. The summed E-state index contributed by atoms with van der Waals surface area (Å²) in [5.41, 5.74) is 1.68. The van der Waals surface area contributed by atoms with Gasteiger partial charge in [-0.05, 0) is 27.2 Å². The maximum Gasteiger partial charge on any atom is 0.489 e. The lowest BCUT2D eigenvalue weighted by Gasteiger charge is -2.21. The summed E-state index contributed by atoms with van der Waals surface area (Å²) >= 11 is 0. The van der Waals surface area contributed by atoms with E-state index in [-0.39, 0.29) is 5.41 Å². The molecule has 2 aromatic rings. The Kier molecular flexibility index (Phi) is 2.98. The summed E-state index contributed by atoms with van der Waals surface area (Å²) in [6, 6.07) is 11.8. The second-order valence-corrected chi connectivity index (χ2v) is 5.41. The molecule has 0 fully saturated rings. The quantitative estimate of drug-likeness (QED) is 0.731. The lowest BCUT2D eigenvalue weighted by Crippen LogP contribution is -2.32. The van der Waals surface area contributed by atoms with Crippen molar-refractivity contribution >= 4 is 23.4 Å². The van der Waals surface area contributed by atoms with Crippen molar-refractivity contribution in [1.29, 1.82) is 0 Å². The highest BCUT2D eigenvalue weighted by Gasteiger charge is 2.20. The summed E-state index contributed by atoms with van der Waals surface area (Å²) in [5.74, 6) is 0. The van der Waals surface area contributed by atoms with Crippen molar-refractivity contribution in [2.24, 2.45) is 0 Å². The van der Waals surface area contributed by atoms with Crippen LogP contribution in [0.15, 0.2) is 36.4 Å². The minimum absolute atomic E-state index is 0.00628. The zero-order valence-corrected chi connectivity index (χ0v) is 10.4. The van der Waals surface area contributed by atoms with Gasteiger partial charge in [0, 0.05) is 0 Å². The summed E-state index contributed by atoms with van der Waals surface area (Å²) in [6.07, 6.45) is 0. The van der Waals surface area contributed by atoms with Gasteiger partial charge in [-0.15, -0.1) is 0 Å². The fraction of sp³-hybridized carbons (Fsp3) is 0.286. The van der Waals surface area contributed by atoms with E-state index in [9.17, 15) is 10.0 Å². The molecule has 0 aliphatic carbocycles. The van der Waals surface area contributed by atoms with E-state index in [2.05, 4.69) is 26.8 Å². The van der Waals surface area contributed by atoms with E-state index in [4.69, 9.17) is 0 Å². The van der Waals surface area contributed by atoms with Crippen LogP contribution in [0.2, 0.25) is 0 Å². The molecule has 88 valence electrons. The predicted molar refractivity (Wildman–Crippen MR) is 72.5 cm³/mol. The van der Waals surface area contributed by atoms with Crippen molar-refractivity contribution in [3.63, 3.8) is 0 Å². The van der Waals surface area contributed by atoms with Crippen LogP contribution >= 0.6 is 0 Å². The van der Waals surface area contributed by atoms with Gasteiger partial charge >= 0.3 is 7.12 Å². The minimum Gasteiger partial charge on any atom is -0.423 e. The van der Waals surface area contributed by atoms with Crippen LogP contribution in [0.3, 0.4) is 0 Å². The first-order valence-corrected chi connectivity index (χ1v) is 5.79. The van der Waals surface area contributed by atoms with Crippen LogP contribution in [0.4, 0.5) is 0 Å². The summed E-state index contributed by atoms with van der Waals surface area (Å²) in [7, 11) is -1.43. The average Bonchev–Trinajstić information content (AvgIpc) is 2.26. The molecule has 0 saturated carbocycles. The van der Waals surface area contributed by atoms with E-state index in [1.807, 2.05) is 30.3 Å². The summed E-state index contributed by atoms with van der Waals surface area (Å²) < 4.78 is 0. The Labute approximate surface area is 102 Å². The molecule has 0 bridgehead atoms. The van der Waals surface area contributed by atoms with Crippen LogP contribution in [0, 0.1) is 0 Å². The molecule has 0 atom stereocenters. The van der Waals surface area contributed by atoms with Crippen molar-refractivity contribution in [1.82, 2.24) is 0 Å². The molecule has 0 radical (unpaired) electrons. The molecule has 0 saturated heterocycles. The standard InChI is InChI=1S/C14H17BO2/c1-14(2,3)11-8-10-6-4-5-7-12(10)13(9-11)15(16)17/h4-9,16-17H,1-3H3. The Bertz CT molecular complexity index is 541. The Balaban J connectivity index is 2.76. The normalized spacial score (nSPS) is 11.8. The van der Waals surface area contributed by atoms with Crippen LogP contribution in [-0.4, -0.2) is 17.2 Å². The van der Waals surface area contributed by atoms with Gasteiger partial charge in [0.25, 0.3) is 0 Å². The second-order valence-electron chi connectivity index (χ2n) is 5.41. The van der Waals surface area contributed by atoms with Crippen LogP contribution in [-0.2, 0) is 5.41 Å². The molecular weight excluding hydrogens is 211 g/mol. The Morgan fingerprint density at radius 2 is 1.65 bits per heavy atom. The van der Waals surface area contributed by atoms with Crippen LogP contribution in [0.1, 0.15) is 26.3 Å². The van der Waals surface area contributed by atoms with E-state index >= 15 is 0 Å². The number of rotatable bonds is 1. The van der Waals surface area contributed by atoms with Gasteiger partial charge in [-0.3, -0.25) is 0 Å².